The Bertz CT molecular complexity index is 9.71. The largest absolute Gasteiger partial charge is 3.00 e. The van der Waals surface area contributed by atoms with Crippen LogP contribution >= 0.6 is 0 Å². The summed E-state index contributed by atoms with van der Waals surface area (Å²) in [5.41, 5.74) is 0. The molecule has 0 atom stereocenters. The average molecular weight is 652 g/mol. The molecule has 0 amide bonds. The number of rotatable bonds is 0. The first-order valence-electron chi connectivity index (χ1n) is 0. The van der Waals surface area contributed by atoms with E-state index in [9.17, 15) is 0 Å². The van der Waals surface area contributed by atoms with E-state index in [2.05, 4.69) is 0 Å². The van der Waals surface area contributed by atoms with Gasteiger partial charge in [-0.1, -0.05) is 0 Å². The molecule has 48 valence electrons. The van der Waals surface area contributed by atoms with Crippen LogP contribution in [-0.4, -0.2) is 0 Å². The van der Waals surface area contributed by atoms with Gasteiger partial charge in [0.25, 0.3) is 0 Å². The van der Waals surface area contributed by atoms with Crippen molar-refractivity contribution in [1.29, 1.82) is 0 Å². The summed E-state index contributed by atoms with van der Waals surface area (Å²) < 4.78 is 0. The molecule has 0 fully saturated rings. The first-order chi connectivity index (χ1) is 0. The predicted molar refractivity (Wildman–Crippen MR) is 4.12 cm³/mol. The van der Waals surface area contributed by atoms with Crippen molar-refractivity contribution >= 4 is 0 Å². The first-order valence-corrected chi connectivity index (χ1v) is 0. The van der Waals surface area contributed by atoms with Crippen molar-refractivity contribution < 1.29 is 175 Å². The van der Waals surface area contributed by atoms with E-state index in [1.807, 2.05) is 0 Å². The van der Waals surface area contributed by atoms with E-state index in [1.165, 1.54) is 0 Å². The molecule has 0 aliphatic carbocycles. The van der Waals surface area contributed by atoms with Gasteiger partial charge in [0, 0.05) is 0 Å². The van der Waals surface area contributed by atoms with E-state index >= 15 is 0 Å². The third kappa shape index (κ3) is 81.0. The van der Waals surface area contributed by atoms with Crippen LogP contribution in [-0.2, 0) is 32.9 Å². The summed E-state index contributed by atoms with van der Waals surface area (Å²) in [5, 5.41) is 0. The van der Waals surface area contributed by atoms with Crippen LogP contribution in [0.5, 0.6) is 0 Å². The fourth-order valence-corrected chi connectivity index (χ4v) is 0. The molecule has 0 saturated heterocycles. The molecule has 10 heavy (non-hydrogen) atoms. The Labute approximate surface area is 171 Å². The van der Waals surface area contributed by atoms with E-state index in [1.54, 1.807) is 0 Å². The van der Waals surface area contributed by atoms with Crippen molar-refractivity contribution in [2.75, 3.05) is 0 Å². The second-order valence-corrected chi connectivity index (χ2v) is 0. The van der Waals surface area contributed by atoms with Crippen LogP contribution in [0.1, 0.15) is 0 Å². The van der Waals surface area contributed by atoms with Crippen molar-refractivity contribution in [2.45, 2.75) is 0 Å². The van der Waals surface area contributed by atoms with Crippen molar-refractivity contribution in [3.05, 3.63) is 0 Å². The SMILES string of the molecule is [La+3].[La+3].[La+3].[La+3].[O-2].[O-2].[O-2].[O-2].[O-2].[O-2]. The summed E-state index contributed by atoms with van der Waals surface area (Å²) in [6.07, 6.45) is 0. The zero-order valence-electron chi connectivity index (χ0n) is 4.76. The molecule has 0 radical (unpaired) electrons. The van der Waals surface area contributed by atoms with Gasteiger partial charge >= 0.3 is 142 Å². The summed E-state index contributed by atoms with van der Waals surface area (Å²) in [7, 11) is 0. The molecule has 0 saturated carbocycles. The smallest absolute Gasteiger partial charge is 2.00 e. The number of hydrogen-bond donors (Lipinski definition) is 0. The third-order valence-corrected chi connectivity index (χ3v) is 0. The molecule has 0 heterocycles. The maximum Gasteiger partial charge on any atom is 3.00 e. The minimum atomic E-state index is 0. The quantitative estimate of drug-likeness (QED) is 0.323. The van der Waals surface area contributed by atoms with Crippen molar-refractivity contribution in [1.82, 2.24) is 0 Å². The summed E-state index contributed by atoms with van der Waals surface area (Å²) in [4.78, 5) is 0. The standard InChI is InChI=1S/4La.6O/q4*+3;6*-2. The molecule has 0 bridgehead atoms. The zero-order valence-corrected chi connectivity index (χ0v) is 19.3. The molecule has 0 spiro atoms. The van der Waals surface area contributed by atoms with Gasteiger partial charge in [-0.15, -0.1) is 0 Å². The summed E-state index contributed by atoms with van der Waals surface area (Å²) in [6.45, 7) is 0. The normalized spacial score (nSPS) is 0. The summed E-state index contributed by atoms with van der Waals surface area (Å²) >= 11 is 0. The van der Waals surface area contributed by atoms with Gasteiger partial charge in [-0.3, -0.25) is 0 Å². The topological polar surface area (TPSA) is 171 Å². The monoisotopic (exact) mass is 652 g/mol. The fourth-order valence-electron chi connectivity index (χ4n) is 0. The first kappa shape index (κ1) is 129. The second kappa shape index (κ2) is 103. The van der Waals surface area contributed by atoms with Gasteiger partial charge in [-0.05, 0) is 0 Å². The van der Waals surface area contributed by atoms with Crippen LogP contribution in [0.3, 0.4) is 0 Å². The van der Waals surface area contributed by atoms with Crippen LogP contribution in [0.25, 0.3) is 0 Å². The van der Waals surface area contributed by atoms with Gasteiger partial charge in [-0.25, -0.2) is 0 Å². The molecule has 0 N–H and O–H groups in total. The van der Waals surface area contributed by atoms with Crippen molar-refractivity contribution in [3.8, 4) is 0 Å². The molecule has 0 aromatic carbocycles. The van der Waals surface area contributed by atoms with Gasteiger partial charge < -0.3 is 32.9 Å². The maximum atomic E-state index is 0. The zero-order chi connectivity index (χ0) is 0. The van der Waals surface area contributed by atoms with Crippen molar-refractivity contribution in [2.24, 2.45) is 0 Å². The van der Waals surface area contributed by atoms with E-state index < -0.39 is 0 Å². The molecule has 0 aromatic heterocycles. The third-order valence-electron chi connectivity index (χ3n) is 0. The van der Waals surface area contributed by atoms with Crippen LogP contribution in [0.2, 0.25) is 0 Å². The Morgan fingerprint density at radius 2 is 0.200 bits per heavy atom. The molecule has 0 aliphatic rings. The minimum Gasteiger partial charge on any atom is -2.00 e. The van der Waals surface area contributed by atoms with Gasteiger partial charge in [0.2, 0.25) is 0 Å². The second-order valence-electron chi connectivity index (χ2n) is 0. The average Bonchev–Trinajstić information content (AvgIpc) is 0. The minimum absolute atomic E-state index is 0. The van der Waals surface area contributed by atoms with Gasteiger partial charge in [0.15, 0.2) is 0 Å². The molecule has 0 rings (SSSR count). The summed E-state index contributed by atoms with van der Waals surface area (Å²) in [6, 6.07) is 0. The number of hydrogen-bond acceptors (Lipinski definition) is 0. The van der Waals surface area contributed by atoms with Gasteiger partial charge in [0.1, 0.15) is 0 Å². The Hall–Kier alpha value is 4.54. The molecule has 0 aromatic rings. The Morgan fingerprint density at radius 3 is 0.200 bits per heavy atom. The van der Waals surface area contributed by atoms with Gasteiger partial charge in [-0.2, -0.15) is 0 Å². The molecular formula is La4O6. The van der Waals surface area contributed by atoms with Crippen LogP contribution in [0.15, 0.2) is 0 Å². The molecule has 10 heteroatoms. The summed E-state index contributed by atoms with van der Waals surface area (Å²) in [5.74, 6) is 0. The molecule has 6 nitrogen and oxygen atoms in total. The van der Waals surface area contributed by atoms with E-state index in [0.29, 0.717) is 0 Å². The van der Waals surface area contributed by atoms with E-state index in [4.69, 9.17) is 0 Å². The Kier molecular flexibility index (Phi) is 1340. The Balaban J connectivity index is 0. The molecule has 0 unspecified atom stereocenters. The predicted octanol–water partition coefficient (Wildman–Crippen LogP) is -0.713. The van der Waals surface area contributed by atoms with Crippen LogP contribution < -0.4 is 0 Å². The van der Waals surface area contributed by atoms with Crippen LogP contribution in [0.4, 0.5) is 0 Å². The molecule has 0 aliphatic heterocycles. The van der Waals surface area contributed by atoms with E-state index in [-0.39, 0.29) is 175 Å². The fraction of sp³-hybridized carbons (Fsp3) is 0. The van der Waals surface area contributed by atoms with Crippen LogP contribution in [0, 0.1) is 142 Å². The Morgan fingerprint density at radius 1 is 0.200 bits per heavy atom. The van der Waals surface area contributed by atoms with E-state index in [0.717, 1.165) is 0 Å². The van der Waals surface area contributed by atoms with Gasteiger partial charge in [0.05, 0.1) is 0 Å². The van der Waals surface area contributed by atoms with Crippen molar-refractivity contribution in [3.63, 3.8) is 0 Å². The maximum absolute atomic E-state index is 0. The molecular weight excluding hydrogens is 652 g/mol.